The van der Waals surface area contributed by atoms with E-state index in [9.17, 15) is 13.6 Å². The molecule has 0 radical (unpaired) electrons. The van der Waals surface area contributed by atoms with Crippen LogP contribution < -0.4 is 19.5 Å². The molecule has 0 aliphatic heterocycles. The summed E-state index contributed by atoms with van der Waals surface area (Å²) in [6, 6.07) is 11.9. The summed E-state index contributed by atoms with van der Waals surface area (Å²) >= 11 is 3.33. The van der Waals surface area contributed by atoms with Crippen molar-refractivity contribution in [1.29, 1.82) is 0 Å². The Morgan fingerprint density at radius 1 is 1.11 bits per heavy atom. The molecule has 0 heterocycles. The summed E-state index contributed by atoms with van der Waals surface area (Å²) in [5.74, 6) is 0.533. The van der Waals surface area contributed by atoms with Crippen LogP contribution in [-0.2, 0) is 11.2 Å². The summed E-state index contributed by atoms with van der Waals surface area (Å²) in [4.78, 5) is 12.1. The first-order chi connectivity index (χ1) is 12.9. The summed E-state index contributed by atoms with van der Waals surface area (Å²) < 4.78 is 40.6. The van der Waals surface area contributed by atoms with Gasteiger partial charge in [0.2, 0.25) is 0 Å². The van der Waals surface area contributed by atoms with Crippen LogP contribution in [0.1, 0.15) is 12.5 Å². The quantitative estimate of drug-likeness (QED) is 0.631. The maximum atomic E-state index is 12.3. The number of amides is 1. The van der Waals surface area contributed by atoms with E-state index in [-0.39, 0.29) is 17.4 Å². The van der Waals surface area contributed by atoms with E-state index in [4.69, 9.17) is 9.47 Å². The average molecular weight is 444 g/mol. The highest BCUT2D eigenvalue weighted by Crippen LogP contribution is 2.29. The smallest absolute Gasteiger partial charge is 0.387 e. The molecule has 0 aliphatic rings. The second-order valence-corrected chi connectivity index (χ2v) is 6.53. The predicted octanol–water partition coefficient (Wildman–Crippen LogP) is 4.19. The van der Waals surface area contributed by atoms with Gasteiger partial charge in [0, 0.05) is 11.0 Å². The normalized spacial score (nSPS) is 11.8. The van der Waals surface area contributed by atoms with E-state index in [2.05, 4.69) is 26.0 Å². The van der Waals surface area contributed by atoms with Gasteiger partial charge in [-0.1, -0.05) is 22.0 Å². The molecule has 0 spiro atoms. The van der Waals surface area contributed by atoms with Crippen LogP contribution in [0.5, 0.6) is 17.2 Å². The molecule has 0 aromatic heterocycles. The Morgan fingerprint density at radius 3 is 2.44 bits per heavy atom. The van der Waals surface area contributed by atoms with Gasteiger partial charge in [0.05, 0.1) is 7.11 Å². The second kappa shape index (κ2) is 10.1. The van der Waals surface area contributed by atoms with Crippen molar-refractivity contribution in [3.63, 3.8) is 0 Å². The fourth-order valence-corrected chi connectivity index (χ4v) is 2.57. The molecule has 0 aliphatic carbocycles. The lowest BCUT2D eigenvalue weighted by Crippen LogP contribution is -2.37. The molecular formula is C19H20BrF2NO4. The Kier molecular flexibility index (Phi) is 7.84. The van der Waals surface area contributed by atoms with Crippen LogP contribution in [0.4, 0.5) is 8.78 Å². The maximum Gasteiger partial charge on any atom is 0.387 e. The summed E-state index contributed by atoms with van der Waals surface area (Å²) in [6.45, 7) is -0.890. The highest BCUT2D eigenvalue weighted by molar-refractivity contribution is 9.10. The van der Waals surface area contributed by atoms with Crippen LogP contribution in [0.15, 0.2) is 46.9 Å². The third-order valence-electron chi connectivity index (χ3n) is 3.65. The lowest BCUT2D eigenvalue weighted by atomic mass is 10.1. The lowest BCUT2D eigenvalue weighted by Gasteiger charge is -2.15. The molecule has 1 atom stereocenters. The van der Waals surface area contributed by atoms with Gasteiger partial charge < -0.3 is 19.5 Å². The van der Waals surface area contributed by atoms with Gasteiger partial charge in [0.1, 0.15) is 5.75 Å². The first-order valence-electron chi connectivity index (χ1n) is 8.20. The molecule has 1 amide bonds. The van der Waals surface area contributed by atoms with Gasteiger partial charge in [-0.3, -0.25) is 4.79 Å². The van der Waals surface area contributed by atoms with Gasteiger partial charge in [-0.15, -0.1) is 0 Å². The Balaban J connectivity index is 1.84. The molecule has 0 saturated heterocycles. The zero-order chi connectivity index (χ0) is 19.8. The van der Waals surface area contributed by atoms with Crippen molar-refractivity contribution in [2.24, 2.45) is 0 Å². The van der Waals surface area contributed by atoms with Gasteiger partial charge in [-0.25, -0.2) is 0 Å². The lowest BCUT2D eigenvalue weighted by molar-refractivity contribution is -0.127. The molecule has 146 valence electrons. The molecule has 0 bridgehead atoms. The number of rotatable bonds is 9. The number of carbonyl (C=O) groups excluding carboxylic acids is 1. The first-order valence-corrected chi connectivity index (χ1v) is 9.00. The van der Waals surface area contributed by atoms with Crippen LogP contribution in [0.25, 0.3) is 0 Å². The minimum Gasteiger partial charge on any atom is -0.493 e. The van der Waals surface area contributed by atoms with Crippen LogP contribution in [0.3, 0.4) is 0 Å². The Labute approximate surface area is 164 Å². The topological polar surface area (TPSA) is 56.8 Å². The van der Waals surface area contributed by atoms with Crippen molar-refractivity contribution in [2.75, 3.05) is 13.7 Å². The SMILES string of the molecule is COc1cc(CCNC(=O)C(C)Oc2ccc(Br)cc2)ccc1OC(F)F. The van der Waals surface area contributed by atoms with Gasteiger partial charge in [0.25, 0.3) is 5.91 Å². The molecule has 0 saturated carbocycles. The van der Waals surface area contributed by atoms with Gasteiger partial charge in [-0.05, 0) is 55.3 Å². The number of nitrogens with one attached hydrogen (secondary N) is 1. The highest BCUT2D eigenvalue weighted by Gasteiger charge is 2.15. The summed E-state index contributed by atoms with van der Waals surface area (Å²) in [5, 5.41) is 2.78. The Morgan fingerprint density at radius 2 is 1.81 bits per heavy atom. The number of benzene rings is 2. The van der Waals surface area contributed by atoms with E-state index in [1.54, 1.807) is 31.2 Å². The summed E-state index contributed by atoms with van der Waals surface area (Å²) in [5.41, 5.74) is 0.815. The number of ether oxygens (including phenoxy) is 3. The minimum absolute atomic E-state index is 0.0307. The van der Waals surface area contributed by atoms with Crippen LogP contribution >= 0.6 is 15.9 Å². The van der Waals surface area contributed by atoms with Gasteiger partial charge >= 0.3 is 6.61 Å². The Bertz CT molecular complexity index is 756. The van der Waals surface area contributed by atoms with Crippen LogP contribution in [0, 0.1) is 0 Å². The fraction of sp³-hybridized carbons (Fsp3) is 0.316. The summed E-state index contributed by atoms with van der Waals surface area (Å²) in [7, 11) is 1.38. The van der Waals surface area contributed by atoms with Crippen LogP contribution in [0.2, 0.25) is 0 Å². The van der Waals surface area contributed by atoms with E-state index in [1.165, 1.54) is 13.2 Å². The molecule has 5 nitrogen and oxygen atoms in total. The number of carbonyl (C=O) groups is 1. The van der Waals surface area contributed by atoms with Crippen molar-refractivity contribution in [1.82, 2.24) is 5.32 Å². The molecule has 0 fully saturated rings. The van der Waals surface area contributed by atoms with Crippen LogP contribution in [-0.4, -0.2) is 32.3 Å². The molecular weight excluding hydrogens is 424 g/mol. The standard InChI is InChI=1S/C19H20BrF2NO4/c1-12(26-15-6-4-14(20)5-7-15)18(24)23-10-9-13-3-8-16(27-19(21)22)17(11-13)25-2/h3-8,11-12,19H,9-10H2,1-2H3,(H,23,24). The van der Waals surface area contributed by atoms with Crippen molar-refractivity contribution in [2.45, 2.75) is 26.1 Å². The number of hydrogen-bond acceptors (Lipinski definition) is 4. The third kappa shape index (κ3) is 6.71. The van der Waals surface area contributed by atoms with Gasteiger partial charge in [-0.2, -0.15) is 8.78 Å². The zero-order valence-electron chi connectivity index (χ0n) is 14.9. The van der Waals surface area contributed by atoms with E-state index in [1.807, 2.05) is 12.1 Å². The number of halogens is 3. The molecule has 2 aromatic carbocycles. The minimum atomic E-state index is -2.92. The molecule has 1 unspecified atom stereocenters. The van der Waals surface area contributed by atoms with E-state index >= 15 is 0 Å². The highest BCUT2D eigenvalue weighted by atomic mass is 79.9. The first kappa shape index (κ1) is 21.0. The molecule has 1 N–H and O–H groups in total. The van der Waals surface area contributed by atoms with Gasteiger partial charge in [0.15, 0.2) is 17.6 Å². The van der Waals surface area contributed by atoms with Crippen molar-refractivity contribution >= 4 is 21.8 Å². The maximum absolute atomic E-state index is 12.3. The van der Waals surface area contributed by atoms with Crippen molar-refractivity contribution < 1.29 is 27.8 Å². The van der Waals surface area contributed by atoms with Crippen molar-refractivity contribution in [3.05, 3.63) is 52.5 Å². The molecule has 2 aromatic rings. The van der Waals surface area contributed by atoms with E-state index < -0.39 is 12.7 Å². The predicted molar refractivity (Wildman–Crippen MR) is 101 cm³/mol. The fourth-order valence-electron chi connectivity index (χ4n) is 2.31. The monoisotopic (exact) mass is 443 g/mol. The number of alkyl halides is 2. The third-order valence-corrected chi connectivity index (χ3v) is 4.18. The van der Waals surface area contributed by atoms with E-state index in [0.717, 1.165) is 10.0 Å². The van der Waals surface area contributed by atoms with E-state index in [0.29, 0.717) is 18.7 Å². The molecule has 27 heavy (non-hydrogen) atoms. The summed E-state index contributed by atoms with van der Waals surface area (Å²) in [6.07, 6.45) is -0.148. The number of hydrogen-bond donors (Lipinski definition) is 1. The van der Waals surface area contributed by atoms with Crippen molar-refractivity contribution in [3.8, 4) is 17.2 Å². The molecule has 8 heteroatoms. The Hall–Kier alpha value is -2.35. The average Bonchev–Trinajstić information content (AvgIpc) is 2.64. The second-order valence-electron chi connectivity index (χ2n) is 5.62. The zero-order valence-corrected chi connectivity index (χ0v) is 16.5. The number of methoxy groups -OCH3 is 1. The molecule has 2 rings (SSSR count). The largest absolute Gasteiger partial charge is 0.493 e.